The minimum Gasteiger partial charge on any atom is -0.481 e. The third-order valence-electron chi connectivity index (χ3n) is 4.02. The molecule has 5 nitrogen and oxygen atoms in total. The van der Waals surface area contributed by atoms with Crippen LogP contribution in [0.15, 0.2) is 36.1 Å². The van der Waals surface area contributed by atoms with Crippen LogP contribution < -0.4 is 9.47 Å². The number of Topliss-reactive ketones (excluding diaryl/α,β-unsaturated/α-hetero) is 1. The SMILES string of the molecule is Cc1c(OCC(=O)OC(C)C)ccc2c1O/C(=C\c1c(F)cccc1Cl)C2=O. The summed E-state index contributed by atoms with van der Waals surface area (Å²) < 4.78 is 30.2. The summed E-state index contributed by atoms with van der Waals surface area (Å²) in [5, 5.41) is 0.171. The van der Waals surface area contributed by atoms with E-state index in [-0.39, 0.29) is 34.8 Å². The molecule has 3 rings (SSSR count). The van der Waals surface area contributed by atoms with Crippen molar-refractivity contribution in [3.05, 3.63) is 63.6 Å². The lowest BCUT2D eigenvalue weighted by Crippen LogP contribution is -2.19. The van der Waals surface area contributed by atoms with Gasteiger partial charge in [0.05, 0.1) is 16.7 Å². The predicted octanol–water partition coefficient (Wildman–Crippen LogP) is 4.73. The number of hydrogen-bond acceptors (Lipinski definition) is 5. The van der Waals surface area contributed by atoms with E-state index < -0.39 is 11.8 Å². The molecule has 0 aliphatic carbocycles. The Morgan fingerprint density at radius 3 is 2.71 bits per heavy atom. The first-order valence-corrected chi connectivity index (χ1v) is 9.00. The first kappa shape index (κ1) is 19.9. The number of hydrogen-bond donors (Lipinski definition) is 0. The van der Waals surface area contributed by atoms with Crippen LogP contribution in [0.1, 0.15) is 35.3 Å². The van der Waals surface area contributed by atoms with Gasteiger partial charge in [-0.2, -0.15) is 0 Å². The van der Waals surface area contributed by atoms with Gasteiger partial charge in [-0.1, -0.05) is 17.7 Å². The highest BCUT2D eigenvalue weighted by atomic mass is 35.5. The minimum absolute atomic E-state index is 0.0403. The molecule has 7 heteroatoms. The van der Waals surface area contributed by atoms with Crippen molar-refractivity contribution in [2.24, 2.45) is 0 Å². The molecule has 0 radical (unpaired) electrons. The monoisotopic (exact) mass is 404 g/mol. The van der Waals surface area contributed by atoms with E-state index in [0.29, 0.717) is 22.6 Å². The highest BCUT2D eigenvalue weighted by molar-refractivity contribution is 6.32. The first-order chi connectivity index (χ1) is 13.3. The van der Waals surface area contributed by atoms with Gasteiger partial charge in [0.2, 0.25) is 5.78 Å². The van der Waals surface area contributed by atoms with Crippen molar-refractivity contribution in [3.8, 4) is 11.5 Å². The van der Waals surface area contributed by atoms with E-state index in [1.807, 2.05) is 0 Å². The molecule has 28 heavy (non-hydrogen) atoms. The molecular formula is C21H18ClFO5. The third kappa shape index (κ3) is 4.02. The van der Waals surface area contributed by atoms with Gasteiger partial charge in [0.15, 0.2) is 12.4 Å². The normalized spacial score (nSPS) is 14.2. The molecule has 2 aromatic carbocycles. The zero-order valence-corrected chi connectivity index (χ0v) is 16.3. The predicted molar refractivity (Wildman–Crippen MR) is 102 cm³/mol. The maximum atomic E-state index is 14.0. The summed E-state index contributed by atoms with van der Waals surface area (Å²) >= 11 is 6.02. The molecule has 0 N–H and O–H groups in total. The molecule has 0 saturated heterocycles. The highest BCUT2D eigenvalue weighted by Gasteiger charge is 2.30. The van der Waals surface area contributed by atoms with E-state index in [0.717, 1.165) is 0 Å². The fourth-order valence-electron chi connectivity index (χ4n) is 2.74. The Hall–Kier alpha value is -2.86. The molecular weight excluding hydrogens is 387 g/mol. The largest absolute Gasteiger partial charge is 0.481 e. The van der Waals surface area contributed by atoms with E-state index in [4.69, 9.17) is 25.8 Å². The van der Waals surface area contributed by atoms with Crippen molar-refractivity contribution in [1.82, 2.24) is 0 Å². The van der Waals surface area contributed by atoms with Gasteiger partial charge in [-0.15, -0.1) is 0 Å². The van der Waals surface area contributed by atoms with E-state index in [1.54, 1.807) is 26.8 Å². The number of rotatable bonds is 5. The van der Waals surface area contributed by atoms with Gasteiger partial charge in [-0.25, -0.2) is 9.18 Å². The summed E-state index contributed by atoms with van der Waals surface area (Å²) in [6.45, 7) is 4.93. The topological polar surface area (TPSA) is 61.8 Å². The summed E-state index contributed by atoms with van der Waals surface area (Å²) in [4.78, 5) is 24.3. The molecule has 0 spiro atoms. The average Bonchev–Trinajstić information content (AvgIpc) is 2.94. The van der Waals surface area contributed by atoms with E-state index >= 15 is 0 Å². The van der Waals surface area contributed by atoms with Gasteiger partial charge in [0.1, 0.15) is 17.3 Å². The minimum atomic E-state index is -0.559. The second-order valence-electron chi connectivity index (χ2n) is 6.47. The lowest BCUT2D eigenvalue weighted by atomic mass is 10.1. The van der Waals surface area contributed by atoms with Crippen LogP contribution in [0.2, 0.25) is 5.02 Å². The fraction of sp³-hybridized carbons (Fsp3) is 0.238. The van der Waals surface area contributed by atoms with Crippen molar-refractivity contribution in [2.75, 3.05) is 6.61 Å². The number of fused-ring (bicyclic) bond motifs is 1. The molecule has 0 bridgehead atoms. The maximum Gasteiger partial charge on any atom is 0.344 e. The molecule has 0 amide bonds. The molecule has 146 valence electrons. The number of halogens is 2. The zero-order chi connectivity index (χ0) is 20.4. The molecule has 0 saturated carbocycles. The molecule has 0 unspecified atom stereocenters. The van der Waals surface area contributed by atoms with E-state index in [2.05, 4.69) is 0 Å². The molecule has 0 aromatic heterocycles. The van der Waals surface area contributed by atoms with E-state index in [1.165, 1.54) is 30.3 Å². The van der Waals surface area contributed by atoms with Crippen molar-refractivity contribution >= 4 is 29.4 Å². The number of benzene rings is 2. The smallest absolute Gasteiger partial charge is 0.344 e. The summed E-state index contributed by atoms with van der Waals surface area (Å²) in [5.41, 5.74) is 0.949. The number of allylic oxidation sites excluding steroid dienone is 1. The second-order valence-corrected chi connectivity index (χ2v) is 6.87. The lowest BCUT2D eigenvalue weighted by molar-refractivity contribution is -0.149. The Kier molecular flexibility index (Phi) is 5.70. The quantitative estimate of drug-likeness (QED) is 0.532. The molecule has 1 aliphatic rings. The summed E-state index contributed by atoms with van der Waals surface area (Å²) in [6, 6.07) is 7.37. The fourth-order valence-corrected chi connectivity index (χ4v) is 2.96. The Bertz CT molecular complexity index is 961. The van der Waals surface area contributed by atoms with Crippen LogP contribution in [0.5, 0.6) is 11.5 Å². The van der Waals surface area contributed by atoms with Crippen molar-refractivity contribution in [3.63, 3.8) is 0 Å². The van der Waals surface area contributed by atoms with Crippen LogP contribution in [0.3, 0.4) is 0 Å². The Morgan fingerprint density at radius 1 is 1.29 bits per heavy atom. The standard InChI is InChI=1S/C21H18ClFO5/c1-11(2)27-19(24)10-26-17-8-7-13-20(25)18(28-21(13)12(17)3)9-14-15(22)5-4-6-16(14)23/h4-9,11H,10H2,1-3H3/b18-9-. The summed E-state index contributed by atoms with van der Waals surface area (Å²) in [6.07, 6.45) is 1.04. The molecule has 2 aromatic rings. The molecule has 0 atom stereocenters. The van der Waals surface area contributed by atoms with Crippen molar-refractivity contribution < 1.29 is 28.2 Å². The number of ketones is 1. The van der Waals surface area contributed by atoms with Gasteiger partial charge >= 0.3 is 5.97 Å². The van der Waals surface area contributed by atoms with Crippen LogP contribution in [-0.4, -0.2) is 24.5 Å². The first-order valence-electron chi connectivity index (χ1n) is 8.62. The third-order valence-corrected chi connectivity index (χ3v) is 4.35. The van der Waals surface area contributed by atoms with Crippen molar-refractivity contribution in [1.29, 1.82) is 0 Å². The summed E-state index contributed by atoms with van der Waals surface area (Å²) in [7, 11) is 0. The number of carbonyl (C=O) groups excluding carboxylic acids is 2. The van der Waals surface area contributed by atoms with E-state index in [9.17, 15) is 14.0 Å². The van der Waals surface area contributed by atoms with Crippen LogP contribution in [0, 0.1) is 12.7 Å². The van der Waals surface area contributed by atoms with Crippen LogP contribution >= 0.6 is 11.6 Å². The van der Waals surface area contributed by atoms with Gasteiger partial charge in [0, 0.05) is 11.1 Å². The Labute approximate surface area is 166 Å². The summed E-state index contributed by atoms with van der Waals surface area (Å²) in [5.74, 6) is -0.793. The van der Waals surface area contributed by atoms with Gasteiger partial charge in [0.25, 0.3) is 0 Å². The van der Waals surface area contributed by atoms with Crippen LogP contribution in [-0.2, 0) is 9.53 Å². The average molecular weight is 405 g/mol. The maximum absolute atomic E-state index is 14.0. The molecule has 1 aliphatic heterocycles. The molecule has 0 fully saturated rings. The van der Waals surface area contributed by atoms with Gasteiger partial charge < -0.3 is 14.2 Å². The van der Waals surface area contributed by atoms with Crippen LogP contribution in [0.25, 0.3) is 6.08 Å². The number of esters is 1. The molecule has 1 heterocycles. The van der Waals surface area contributed by atoms with Gasteiger partial charge in [-0.05, 0) is 51.1 Å². The highest BCUT2D eigenvalue weighted by Crippen LogP contribution is 2.39. The van der Waals surface area contributed by atoms with Crippen molar-refractivity contribution in [2.45, 2.75) is 26.9 Å². The Balaban J connectivity index is 1.85. The lowest BCUT2D eigenvalue weighted by Gasteiger charge is -2.12. The van der Waals surface area contributed by atoms with Crippen LogP contribution in [0.4, 0.5) is 4.39 Å². The number of ether oxygens (including phenoxy) is 3. The Morgan fingerprint density at radius 2 is 2.04 bits per heavy atom. The second kappa shape index (κ2) is 8.02. The van der Waals surface area contributed by atoms with Gasteiger partial charge in [-0.3, -0.25) is 4.79 Å². The zero-order valence-electron chi connectivity index (χ0n) is 15.5. The number of carbonyl (C=O) groups is 2.